The summed E-state index contributed by atoms with van der Waals surface area (Å²) in [7, 11) is 3.34. The van der Waals surface area contributed by atoms with Gasteiger partial charge in [0.2, 0.25) is 0 Å². The van der Waals surface area contributed by atoms with Crippen molar-refractivity contribution in [2.45, 2.75) is 39.3 Å². The molecule has 0 aliphatic carbocycles. The minimum absolute atomic E-state index is 0.0171. The van der Waals surface area contributed by atoms with E-state index in [1.54, 1.807) is 14.2 Å². The zero-order chi connectivity index (χ0) is 13.0. The van der Waals surface area contributed by atoms with E-state index < -0.39 is 0 Å². The van der Waals surface area contributed by atoms with Crippen molar-refractivity contribution in [2.75, 3.05) is 14.2 Å². The maximum Gasteiger partial charge on any atom is 0.128 e. The van der Waals surface area contributed by atoms with Gasteiger partial charge in [-0.2, -0.15) is 0 Å². The number of nitrogens with zero attached hydrogens (tertiary/aromatic N) is 1. The summed E-state index contributed by atoms with van der Waals surface area (Å²) in [5.74, 6) is 0.896. The molecule has 0 bridgehead atoms. The minimum Gasteiger partial charge on any atom is -0.496 e. The summed E-state index contributed by atoms with van der Waals surface area (Å²) in [5, 5.41) is 0. The van der Waals surface area contributed by atoms with Gasteiger partial charge in [-0.3, -0.25) is 4.98 Å². The molecule has 0 amide bonds. The van der Waals surface area contributed by atoms with Crippen LogP contribution in [0.5, 0.6) is 5.75 Å². The van der Waals surface area contributed by atoms with E-state index in [1.807, 2.05) is 27.0 Å². The Labute approximate surface area is 103 Å². The van der Waals surface area contributed by atoms with E-state index >= 15 is 0 Å². The molecule has 0 aliphatic rings. The molecular weight excluding hydrogens is 216 g/mol. The van der Waals surface area contributed by atoms with Crippen molar-refractivity contribution in [3.8, 4) is 5.75 Å². The maximum absolute atomic E-state index is 6.05. The van der Waals surface area contributed by atoms with Crippen LogP contribution in [0.4, 0.5) is 0 Å². The van der Waals surface area contributed by atoms with Gasteiger partial charge < -0.3 is 15.2 Å². The molecule has 96 valence electrons. The Morgan fingerprint density at radius 2 is 2.00 bits per heavy atom. The van der Waals surface area contributed by atoms with Crippen molar-refractivity contribution >= 4 is 0 Å². The van der Waals surface area contributed by atoms with Crippen LogP contribution in [0, 0.1) is 13.8 Å². The van der Waals surface area contributed by atoms with Gasteiger partial charge in [0.15, 0.2) is 0 Å². The lowest BCUT2D eigenvalue weighted by atomic mass is 10.0. The summed E-state index contributed by atoms with van der Waals surface area (Å²) in [6.07, 6.45) is 2.53. The summed E-state index contributed by atoms with van der Waals surface area (Å²) in [4.78, 5) is 4.43. The third kappa shape index (κ3) is 3.17. The summed E-state index contributed by atoms with van der Waals surface area (Å²) in [6.45, 7) is 5.96. The van der Waals surface area contributed by atoms with Crippen LogP contribution in [0.15, 0.2) is 6.20 Å². The Kier molecular flexibility index (Phi) is 4.90. The van der Waals surface area contributed by atoms with Crippen LogP contribution < -0.4 is 10.5 Å². The number of ether oxygens (including phenoxy) is 2. The van der Waals surface area contributed by atoms with Gasteiger partial charge in [0.25, 0.3) is 0 Å². The molecule has 0 saturated carbocycles. The lowest BCUT2D eigenvalue weighted by Gasteiger charge is -2.20. The van der Waals surface area contributed by atoms with E-state index in [0.29, 0.717) is 6.42 Å². The normalized spacial score (nSPS) is 14.5. The highest BCUT2D eigenvalue weighted by molar-refractivity contribution is 5.41. The van der Waals surface area contributed by atoms with Crippen LogP contribution in [0.2, 0.25) is 0 Å². The minimum atomic E-state index is -0.0568. The van der Waals surface area contributed by atoms with E-state index in [9.17, 15) is 0 Å². The molecule has 0 radical (unpaired) electrons. The fourth-order valence-corrected chi connectivity index (χ4v) is 1.84. The van der Waals surface area contributed by atoms with E-state index in [2.05, 4.69) is 4.98 Å². The maximum atomic E-state index is 6.05. The Morgan fingerprint density at radius 3 is 2.53 bits per heavy atom. The number of rotatable bonds is 5. The second-order valence-electron chi connectivity index (χ2n) is 4.35. The van der Waals surface area contributed by atoms with Gasteiger partial charge in [-0.1, -0.05) is 0 Å². The second kappa shape index (κ2) is 5.98. The molecule has 2 N–H and O–H groups in total. The summed E-state index contributed by atoms with van der Waals surface area (Å²) in [6, 6.07) is -0.0568. The van der Waals surface area contributed by atoms with Crippen molar-refractivity contribution in [2.24, 2.45) is 5.73 Å². The highest BCUT2D eigenvalue weighted by atomic mass is 16.5. The predicted octanol–water partition coefficient (Wildman–Crippen LogP) is 1.61. The number of aryl methyl sites for hydroxylation is 1. The van der Waals surface area contributed by atoms with Crippen LogP contribution in [0.25, 0.3) is 0 Å². The van der Waals surface area contributed by atoms with Gasteiger partial charge in [0.1, 0.15) is 5.75 Å². The molecule has 4 nitrogen and oxygen atoms in total. The second-order valence-corrected chi connectivity index (χ2v) is 4.35. The smallest absolute Gasteiger partial charge is 0.128 e. The predicted molar refractivity (Wildman–Crippen MR) is 68.4 cm³/mol. The molecule has 1 heterocycles. The van der Waals surface area contributed by atoms with Crippen LogP contribution in [0.1, 0.15) is 23.7 Å². The topological polar surface area (TPSA) is 57.4 Å². The van der Waals surface area contributed by atoms with Crippen LogP contribution in [0.3, 0.4) is 0 Å². The zero-order valence-corrected chi connectivity index (χ0v) is 11.3. The van der Waals surface area contributed by atoms with Crippen LogP contribution in [-0.4, -0.2) is 31.3 Å². The van der Waals surface area contributed by atoms with Gasteiger partial charge in [-0.15, -0.1) is 0 Å². The number of hydrogen-bond acceptors (Lipinski definition) is 4. The first-order valence-electron chi connectivity index (χ1n) is 5.78. The Balaban J connectivity index is 2.92. The summed E-state index contributed by atoms with van der Waals surface area (Å²) < 4.78 is 10.6. The molecule has 4 heteroatoms. The van der Waals surface area contributed by atoms with E-state index in [0.717, 1.165) is 22.6 Å². The van der Waals surface area contributed by atoms with Crippen molar-refractivity contribution in [3.05, 3.63) is 23.0 Å². The molecule has 1 aromatic rings. The third-order valence-corrected chi connectivity index (χ3v) is 3.15. The lowest BCUT2D eigenvalue weighted by Crippen LogP contribution is -2.36. The largest absolute Gasteiger partial charge is 0.496 e. The highest BCUT2D eigenvalue weighted by Crippen LogP contribution is 2.24. The zero-order valence-electron chi connectivity index (χ0n) is 11.3. The van der Waals surface area contributed by atoms with Crippen molar-refractivity contribution < 1.29 is 9.47 Å². The number of pyridine rings is 1. The van der Waals surface area contributed by atoms with Gasteiger partial charge >= 0.3 is 0 Å². The van der Waals surface area contributed by atoms with Gasteiger partial charge in [-0.25, -0.2) is 0 Å². The lowest BCUT2D eigenvalue weighted by molar-refractivity contribution is 0.0952. The van der Waals surface area contributed by atoms with Crippen LogP contribution in [-0.2, 0) is 11.2 Å². The third-order valence-electron chi connectivity index (χ3n) is 3.15. The van der Waals surface area contributed by atoms with Gasteiger partial charge in [0.05, 0.1) is 13.2 Å². The summed E-state index contributed by atoms with van der Waals surface area (Å²) >= 11 is 0. The van der Waals surface area contributed by atoms with Crippen molar-refractivity contribution in [1.82, 2.24) is 4.98 Å². The van der Waals surface area contributed by atoms with Gasteiger partial charge in [0, 0.05) is 42.6 Å². The molecule has 0 aromatic carbocycles. The summed E-state index contributed by atoms with van der Waals surface area (Å²) in [5.41, 5.74) is 9.13. The Bertz CT molecular complexity index is 380. The molecule has 2 atom stereocenters. The molecule has 0 saturated heterocycles. The van der Waals surface area contributed by atoms with E-state index in [-0.39, 0.29) is 12.1 Å². The first kappa shape index (κ1) is 13.9. The number of aromatic nitrogens is 1. The average molecular weight is 238 g/mol. The molecule has 0 fully saturated rings. The molecular formula is C13H22N2O2. The quantitative estimate of drug-likeness (QED) is 0.846. The highest BCUT2D eigenvalue weighted by Gasteiger charge is 2.16. The van der Waals surface area contributed by atoms with Gasteiger partial charge in [-0.05, 0) is 20.8 Å². The molecule has 17 heavy (non-hydrogen) atoms. The Hall–Kier alpha value is -1.13. The average Bonchev–Trinajstić information content (AvgIpc) is 2.32. The Morgan fingerprint density at radius 1 is 1.35 bits per heavy atom. The first-order chi connectivity index (χ1) is 8.01. The van der Waals surface area contributed by atoms with E-state index in [4.69, 9.17) is 15.2 Å². The fourth-order valence-electron chi connectivity index (χ4n) is 1.84. The fraction of sp³-hybridized carbons (Fsp3) is 0.615. The monoisotopic (exact) mass is 238 g/mol. The first-order valence-corrected chi connectivity index (χ1v) is 5.78. The van der Waals surface area contributed by atoms with Crippen molar-refractivity contribution in [1.29, 1.82) is 0 Å². The molecule has 0 spiro atoms. The molecule has 2 unspecified atom stereocenters. The molecule has 1 aromatic heterocycles. The van der Waals surface area contributed by atoms with E-state index in [1.165, 1.54) is 0 Å². The number of hydrogen-bond donors (Lipinski definition) is 1. The molecule has 0 aliphatic heterocycles. The van der Waals surface area contributed by atoms with Crippen LogP contribution >= 0.6 is 0 Å². The number of nitrogens with two attached hydrogens (primary N) is 1. The molecule has 1 rings (SSSR count). The number of methoxy groups -OCH3 is 2. The standard InChI is InChI=1S/C13H22N2O2/c1-8-7-15-12(9(2)13(8)17-5)6-11(14)10(3)16-4/h7,10-11H,6,14H2,1-5H3. The van der Waals surface area contributed by atoms with Crippen molar-refractivity contribution in [3.63, 3.8) is 0 Å². The SMILES string of the molecule is COc1c(C)cnc(CC(N)C(C)OC)c1C.